The lowest BCUT2D eigenvalue weighted by atomic mass is 9.93. The van der Waals surface area contributed by atoms with E-state index < -0.39 is 18.2 Å². The third-order valence-electron chi connectivity index (χ3n) is 4.03. The van der Waals surface area contributed by atoms with Gasteiger partial charge in [0.15, 0.2) is 0 Å². The Bertz CT molecular complexity index is 576. The van der Waals surface area contributed by atoms with Crippen LogP contribution in [0, 0.1) is 0 Å². The molecule has 6 nitrogen and oxygen atoms in total. The van der Waals surface area contributed by atoms with Crippen LogP contribution in [-0.4, -0.2) is 46.1 Å². The van der Waals surface area contributed by atoms with Gasteiger partial charge in [-0.05, 0) is 42.2 Å². The summed E-state index contributed by atoms with van der Waals surface area (Å²) in [5.41, 5.74) is 1.44. The third kappa shape index (κ3) is 3.05. The van der Waals surface area contributed by atoms with Gasteiger partial charge in [-0.2, -0.15) is 0 Å². The highest BCUT2D eigenvalue weighted by Crippen LogP contribution is 2.35. The number of carbonyl (C=O) groups is 2. The quantitative estimate of drug-likeness (QED) is 0.885. The minimum atomic E-state index is -1.14. The second kappa shape index (κ2) is 6.18. The van der Waals surface area contributed by atoms with Crippen molar-refractivity contribution in [1.82, 2.24) is 0 Å². The molecule has 1 amide bonds. The van der Waals surface area contributed by atoms with E-state index in [4.69, 9.17) is 9.84 Å². The molecule has 0 aromatic heterocycles. The summed E-state index contributed by atoms with van der Waals surface area (Å²) >= 11 is 1.57. The molecule has 0 unspecified atom stereocenters. The molecule has 3 atom stereocenters. The molecule has 22 heavy (non-hydrogen) atoms. The lowest BCUT2D eigenvalue weighted by molar-refractivity contribution is -0.144. The van der Waals surface area contributed by atoms with Gasteiger partial charge in [-0.25, -0.2) is 9.59 Å². The summed E-state index contributed by atoms with van der Waals surface area (Å²) in [7, 11) is 0. The van der Waals surface area contributed by atoms with Crippen LogP contribution in [0.2, 0.25) is 0 Å². The molecule has 1 aromatic rings. The van der Waals surface area contributed by atoms with Crippen LogP contribution in [0.5, 0.6) is 0 Å². The van der Waals surface area contributed by atoms with E-state index in [1.807, 2.05) is 12.1 Å². The maximum Gasteiger partial charge on any atom is 0.415 e. The molecule has 3 rings (SSSR count). The van der Waals surface area contributed by atoms with E-state index in [1.54, 1.807) is 23.9 Å². The van der Waals surface area contributed by atoms with E-state index in [0.29, 0.717) is 11.6 Å². The molecule has 0 aliphatic carbocycles. The average Bonchev–Trinajstić information content (AvgIpc) is 2.90. The molecule has 2 N–H and O–H groups in total. The number of nitrogens with zero attached hydrogens (tertiary/aromatic N) is 1. The van der Waals surface area contributed by atoms with Crippen LogP contribution in [0.15, 0.2) is 24.3 Å². The second-order valence-corrected chi connectivity index (χ2v) is 6.75. The number of thioether (sulfide) groups is 1. The number of amides is 1. The highest BCUT2D eigenvalue weighted by molar-refractivity contribution is 7.99. The van der Waals surface area contributed by atoms with Crippen LogP contribution in [0.3, 0.4) is 0 Å². The van der Waals surface area contributed by atoms with Crippen molar-refractivity contribution >= 4 is 29.5 Å². The number of ether oxygens (including phenoxy) is 1. The number of hydrogen-bond donors (Lipinski definition) is 2. The molecule has 0 radical (unpaired) electrons. The summed E-state index contributed by atoms with van der Waals surface area (Å²) in [5.74, 6) is 0.121. The number of carboxylic acid groups (broad SMARTS) is 1. The van der Waals surface area contributed by atoms with Crippen LogP contribution in [0.25, 0.3) is 0 Å². The number of hydrogen-bond acceptors (Lipinski definition) is 5. The molecule has 1 aromatic carbocycles. The van der Waals surface area contributed by atoms with Gasteiger partial charge in [0, 0.05) is 5.69 Å². The summed E-state index contributed by atoms with van der Waals surface area (Å²) in [4.78, 5) is 23.9. The number of aliphatic carboxylic acids is 1. The normalized spacial score (nSPS) is 28.5. The molecule has 2 saturated heterocycles. The Balaban J connectivity index is 1.71. The first-order valence-corrected chi connectivity index (χ1v) is 8.20. The zero-order valence-corrected chi connectivity index (χ0v) is 12.7. The Hall–Kier alpha value is -1.73. The number of anilines is 1. The topological polar surface area (TPSA) is 87.1 Å². The van der Waals surface area contributed by atoms with Gasteiger partial charge >= 0.3 is 12.1 Å². The first-order chi connectivity index (χ1) is 10.5. The smallest absolute Gasteiger partial charge is 0.415 e. The molecular formula is C15H17NO5S. The molecule has 0 bridgehead atoms. The highest BCUT2D eigenvalue weighted by atomic mass is 32.2. The number of rotatable bonds is 3. The van der Waals surface area contributed by atoms with E-state index in [9.17, 15) is 14.7 Å². The molecule has 0 saturated carbocycles. The Morgan fingerprint density at radius 2 is 2.05 bits per heavy atom. The summed E-state index contributed by atoms with van der Waals surface area (Å²) in [6.45, 7) is 0.0201. The summed E-state index contributed by atoms with van der Waals surface area (Å²) in [5, 5.41) is 18.6. The van der Waals surface area contributed by atoms with E-state index in [1.165, 1.54) is 4.90 Å². The molecule has 0 spiro atoms. The number of carbonyl (C=O) groups excluding carboxylic acids is 1. The molecule has 118 valence electrons. The Kier molecular flexibility index (Phi) is 4.26. The van der Waals surface area contributed by atoms with E-state index in [0.717, 1.165) is 24.2 Å². The maximum atomic E-state index is 11.7. The standard InChI is InChI=1S/C15H17NO5S/c17-13-7-10(5-6-22-13)9-1-3-11(4-2-9)16-8-12(14(18)19)21-15(16)20/h1-4,10,12-13,17H,5-8H2,(H,18,19)/t10-,12+,13+/m0/s1. The van der Waals surface area contributed by atoms with Crippen LogP contribution < -0.4 is 4.90 Å². The SMILES string of the molecule is O=C(O)[C@H]1CN(c2ccc([C@H]3CCS[C@@H](O)C3)cc2)C(=O)O1. The van der Waals surface area contributed by atoms with E-state index in [2.05, 4.69) is 0 Å². The van der Waals surface area contributed by atoms with Gasteiger partial charge in [-0.3, -0.25) is 4.90 Å². The van der Waals surface area contributed by atoms with Gasteiger partial charge in [-0.15, -0.1) is 11.8 Å². The van der Waals surface area contributed by atoms with Gasteiger partial charge < -0.3 is 14.9 Å². The first-order valence-electron chi connectivity index (χ1n) is 7.15. The van der Waals surface area contributed by atoms with Crippen LogP contribution in [0.4, 0.5) is 10.5 Å². The van der Waals surface area contributed by atoms with Crippen molar-refractivity contribution in [2.24, 2.45) is 0 Å². The highest BCUT2D eigenvalue weighted by Gasteiger charge is 2.37. The summed E-state index contributed by atoms with van der Waals surface area (Å²) in [6.07, 6.45) is 0.00690. The zero-order valence-electron chi connectivity index (χ0n) is 11.8. The number of aliphatic hydroxyl groups excluding tert-OH is 1. The predicted molar refractivity (Wildman–Crippen MR) is 82.1 cm³/mol. The zero-order chi connectivity index (χ0) is 15.7. The van der Waals surface area contributed by atoms with Gasteiger partial charge in [0.05, 0.1) is 12.0 Å². The number of aliphatic hydroxyl groups is 1. The van der Waals surface area contributed by atoms with Crippen molar-refractivity contribution in [1.29, 1.82) is 0 Å². The van der Waals surface area contributed by atoms with Gasteiger partial charge in [0.1, 0.15) is 0 Å². The minimum absolute atomic E-state index is 0.0201. The first kappa shape index (κ1) is 15.2. The second-order valence-electron chi connectivity index (χ2n) is 5.46. The van der Waals surface area contributed by atoms with E-state index in [-0.39, 0.29) is 12.0 Å². The lowest BCUT2D eigenvalue weighted by Gasteiger charge is -2.26. The molecule has 2 aliphatic rings. The molecular weight excluding hydrogens is 306 g/mol. The predicted octanol–water partition coefficient (Wildman–Crippen LogP) is 2.03. The molecule has 7 heteroatoms. The summed E-state index contributed by atoms with van der Waals surface area (Å²) in [6, 6.07) is 7.47. The fraction of sp³-hybridized carbons (Fsp3) is 0.467. The monoisotopic (exact) mass is 323 g/mol. The van der Waals surface area contributed by atoms with Gasteiger partial charge in [0.25, 0.3) is 0 Å². The largest absolute Gasteiger partial charge is 0.478 e. The average molecular weight is 323 g/mol. The number of cyclic esters (lactones) is 1. The molecule has 2 fully saturated rings. The fourth-order valence-electron chi connectivity index (χ4n) is 2.81. The van der Waals surface area contributed by atoms with Crippen molar-refractivity contribution in [3.05, 3.63) is 29.8 Å². The van der Waals surface area contributed by atoms with Crippen molar-refractivity contribution in [3.8, 4) is 0 Å². The van der Waals surface area contributed by atoms with Crippen molar-refractivity contribution in [2.45, 2.75) is 30.3 Å². The minimum Gasteiger partial charge on any atom is -0.478 e. The molecule has 2 heterocycles. The third-order valence-corrected chi connectivity index (χ3v) is 5.07. The van der Waals surface area contributed by atoms with Crippen LogP contribution in [0.1, 0.15) is 24.3 Å². The Labute approximate surface area is 132 Å². The van der Waals surface area contributed by atoms with Gasteiger partial charge in [-0.1, -0.05) is 12.1 Å². The lowest BCUT2D eigenvalue weighted by Crippen LogP contribution is -2.27. The Morgan fingerprint density at radius 1 is 1.32 bits per heavy atom. The van der Waals surface area contributed by atoms with Crippen molar-refractivity contribution < 1.29 is 24.5 Å². The fourth-order valence-corrected chi connectivity index (χ4v) is 3.87. The maximum absolute atomic E-state index is 11.7. The van der Waals surface area contributed by atoms with Crippen molar-refractivity contribution in [2.75, 3.05) is 17.2 Å². The van der Waals surface area contributed by atoms with Crippen molar-refractivity contribution in [3.63, 3.8) is 0 Å². The number of carboxylic acids is 1. The van der Waals surface area contributed by atoms with Crippen LogP contribution >= 0.6 is 11.8 Å². The van der Waals surface area contributed by atoms with Crippen LogP contribution in [-0.2, 0) is 9.53 Å². The molecule has 2 aliphatic heterocycles. The van der Waals surface area contributed by atoms with Gasteiger partial charge in [0.2, 0.25) is 6.10 Å². The van der Waals surface area contributed by atoms with E-state index >= 15 is 0 Å². The number of benzene rings is 1. The Morgan fingerprint density at radius 3 is 2.64 bits per heavy atom. The summed E-state index contributed by atoms with van der Waals surface area (Å²) < 4.78 is 4.80.